The van der Waals surface area contributed by atoms with Gasteiger partial charge in [0.2, 0.25) is 0 Å². The van der Waals surface area contributed by atoms with E-state index in [2.05, 4.69) is 22.4 Å². The number of hydrazone groups is 1. The SMILES string of the molecule is C=CCNC(=S)N/N=C\c1cccc(OC)c1OCc1ccccc1Cl. The molecule has 2 rings (SSSR count). The highest BCUT2D eigenvalue weighted by Gasteiger charge is 2.10. The van der Waals surface area contributed by atoms with Crippen molar-refractivity contribution in [2.24, 2.45) is 5.10 Å². The zero-order valence-corrected chi connectivity index (χ0v) is 15.9. The monoisotopic (exact) mass is 389 g/mol. The van der Waals surface area contributed by atoms with Gasteiger partial charge in [-0.3, -0.25) is 5.43 Å². The van der Waals surface area contributed by atoms with Crippen LogP contribution in [0.2, 0.25) is 5.02 Å². The molecule has 0 aliphatic heterocycles. The molecule has 0 saturated carbocycles. The molecule has 2 N–H and O–H groups in total. The number of nitrogens with one attached hydrogen (secondary N) is 2. The quantitative estimate of drug-likeness (QED) is 0.310. The summed E-state index contributed by atoms with van der Waals surface area (Å²) in [6.07, 6.45) is 3.33. The van der Waals surface area contributed by atoms with Gasteiger partial charge in [-0.15, -0.1) is 6.58 Å². The third-order valence-corrected chi connectivity index (χ3v) is 3.94. The van der Waals surface area contributed by atoms with Crippen molar-refractivity contribution in [3.05, 3.63) is 71.3 Å². The lowest BCUT2D eigenvalue weighted by Gasteiger charge is -2.14. The molecule has 0 amide bonds. The summed E-state index contributed by atoms with van der Waals surface area (Å²) < 4.78 is 11.4. The van der Waals surface area contributed by atoms with E-state index in [-0.39, 0.29) is 0 Å². The molecule has 0 unspecified atom stereocenters. The molecule has 0 aliphatic carbocycles. The van der Waals surface area contributed by atoms with E-state index >= 15 is 0 Å². The number of halogens is 1. The van der Waals surface area contributed by atoms with Crippen molar-refractivity contribution >= 4 is 35.1 Å². The summed E-state index contributed by atoms with van der Waals surface area (Å²) in [5.74, 6) is 1.18. The summed E-state index contributed by atoms with van der Waals surface area (Å²) in [5, 5.41) is 8.11. The summed E-state index contributed by atoms with van der Waals surface area (Å²) in [5.41, 5.74) is 4.37. The lowest BCUT2D eigenvalue weighted by atomic mass is 10.2. The molecule has 0 fully saturated rings. The normalized spacial score (nSPS) is 10.4. The maximum atomic E-state index is 6.19. The first-order chi connectivity index (χ1) is 12.7. The van der Waals surface area contributed by atoms with Crippen LogP contribution in [-0.2, 0) is 6.61 Å². The topological polar surface area (TPSA) is 54.9 Å². The van der Waals surface area contributed by atoms with Crippen LogP contribution in [-0.4, -0.2) is 25.0 Å². The van der Waals surface area contributed by atoms with Crippen molar-refractivity contribution in [1.82, 2.24) is 10.7 Å². The first-order valence-electron chi connectivity index (χ1n) is 7.86. The molecular weight excluding hydrogens is 370 g/mol. The maximum Gasteiger partial charge on any atom is 0.187 e. The minimum atomic E-state index is 0.313. The van der Waals surface area contributed by atoms with Gasteiger partial charge in [0.15, 0.2) is 16.6 Å². The van der Waals surface area contributed by atoms with Gasteiger partial charge in [-0.2, -0.15) is 5.10 Å². The van der Waals surface area contributed by atoms with Gasteiger partial charge in [0.25, 0.3) is 0 Å². The third kappa shape index (κ3) is 5.75. The van der Waals surface area contributed by atoms with E-state index in [4.69, 9.17) is 33.3 Å². The van der Waals surface area contributed by atoms with Crippen LogP contribution < -0.4 is 20.2 Å². The number of thiocarbonyl (C=S) groups is 1. The fraction of sp³-hybridized carbons (Fsp3) is 0.158. The second-order valence-electron chi connectivity index (χ2n) is 5.13. The molecule has 26 heavy (non-hydrogen) atoms. The molecule has 0 radical (unpaired) electrons. The van der Waals surface area contributed by atoms with Crippen molar-refractivity contribution in [2.45, 2.75) is 6.61 Å². The second-order valence-corrected chi connectivity index (χ2v) is 5.94. The maximum absolute atomic E-state index is 6.19. The number of ether oxygens (including phenoxy) is 2. The van der Waals surface area contributed by atoms with Crippen LogP contribution in [0.3, 0.4) is 0 Å². The highest BCUT2D eigenvalue weighted by molar-refractivity contribution is 7.80. The highest BCUT2D eigenvalue weighted by Crippen LogP contribution is 2.31. The van der Waals surface area contributed by atoms with Gasteiger partial charge in [-0.05, 0) is 30.4 Å². The summed E-state index contributed by atoms with van der Waals surface area (Å²) in [6, 6.07) is 13.1. The summed E-state index contributed by atoms with van der Waals surface area (Å²) in [6.45, 7) is 4.49. The number of para-hydroxylation sites is 1. The van der Waals surface area contributed by atoms with Crippen LogP contribution >= 0.6 is 23.8 Å². The highest BCUT2D eigenvalue weighted by atomic mass is 35.5. The van der Waals surface area contributed by atoms with Crippen molar-refractivity contribution in [3.63, 3.8) is 0 Å². The Kier molecular flexibility index (Phi) is 7.92. The number of hydrogen-bond donors (Lipinski definition) is 2. The standard InChI is InChI=1S/C19H20ClN3O2S/c1-3-11-21-19(26)23-22-12-14-8-6-10-17(24-2)18(14)25-13-15-7-4-5-9-16(15)20/h3-10,12H,1,11,13H2,2H3,(H2,21,23,26)/b22-12-. The third-order valence-electron chi connectivity index (χ3n) is 3.34. The fourth-order valence-corrected chi connectivity index (χ4v) is 2.41. The number of nitrogens with zero attached hydrogens (tertiary/aromatic N) is 1. The van der Waals surface area contributed by atoms with Gasteiger partial charge in [0, 0.05) is 22.7 Å². The Morgan fingerprint density at radius 1 is 1.27 bits per heavy atom. The minimum absolute atomic E-state index is 0.313. The smallest absolute Gasteiger partial charge is 0.187 e. The Bertz CT molecular complexity index is 796. The molecule has 0 saturated heterocycles. The van der Waals surface area contributed by atoms with Crippen LogP contribution in [0.5, 0.6) is 11.5 Å². The minimum Gasteiger partial charge on any atom is -0.493 e. The van der Waals surface area contributed by atoms with Crippen LogP contribution in [0.15, 0.2) is 60.2 Å². The van der Waals surface area contributed by atoms with Gasteiger partial charge in [-0.1, -0.05) is 41.9 Å². The summed E-state index contributed by atoms with van der Waals surface area (Å²) >= 11 is 11.3. The van der Waals surface area contributed by atoms with Crippen LogP contribution in [0.1, 0.15) is 11.1 Å². The second kappa shape index (κ2) is 10.4. The van der Waals surface area contributed by atoms with E-state index in [1.54, 1.807) is 19.4 Å². The Balaban J connectivity index is 2.13. The largest absolute Gasteiger partial charge is 0.493 e. The van der Waals surface area contributed by atoms with Gasteiger partial charge >= 0.3 is 0 Å². The van der Waals surface area contributed by atoms with E-state index in [1.165, 1.54) is 0 Å². The molecule has 0 aromatic heterocycles. The predicted molar refractivity (Wildman–Crippen MR) is 110 cm³/mol. The molecule has 7 heteroatoms. The number of benzene rings is 2. The molecule has 0 heterocycles. The van der Waals surface area contributed by atoms with E-state index in [0.29, 0.717) is 34.8 Å². The number of rotatable bonds is 8. The average Bonchev–Trinajstić information content (AvgIpc) is 2.66. The Morgan fingerprint density at radius 2 is 2.08 bits per heavy atom. The Labute approximate surface area is 163 Å². The first kappa shape index (κ1) is 19.8. The van der Waals surface area contributed by atoms with Crippen molar-refractivity contribution < 1.29 is 9.47 Å². The molecule has 5 nitrogen and oxygen atoms in total. The number of hydrogen-bond acceptors (Lipinski definition) is 4. The molecule has 0 aliphatic rings. The molecule has 0 bridgehead atoms. The van der Waals surface area contributed by atoms with Gasteiger partial charge in [-0.25, -0.2) is 0 Å². The zero-order chi connectivity index (χ0) is 18.8. The summed E-state index contributed by atoms with van der Waals surface area (Å²) in [4.78, 5) is 0. The van der Waals surface area contributed by atoms with E-state index in [0.717, 1.165) is 11.1 Å². The van der Waals surface area contributed by atoms with E-state index in [1.807, 2.05) is 42.5 Å². The Hall–Kier alpha value is -2.57. The fourth-order valence-electron chi connectivity index (χ4n) is 2.08. The first-order valence-corrected chi connectivity index (χ1v) is 8.65. The molecule has 136 valence electrons. The van der Waals surface area contributed by atoms with Crippen LogP contribution in [0.25, 0.3) is 0 Å². The van der Waals surface area contributed by atoms with Crippen molar-refractivity contribution in [2.75, 3.05) is 13.7 Å². The number of methoxy groups -OCH3 is 1. The lowest BCUT2D eigenvalue weighted by molar-refractivity contribution is 0.284. The predicted octanol–water partition coefficient (Wildman–Crippen LogP) is 3.91. The molecule has 0 atom stereocenters. The van der Waals surface area contributed by atoms with Crippen molar-refractivity contribution in [1.29, 1.82) is 0 Å². The molecule has 2 aromatic rings. The van der Waals surface area contributed by atoms with Crippen molar-refractivity contribution in [3.8, 4) is 11.5 Å². The molecule has 0 spiro atoms. The molecule has 2 aromatic carbocycles. The lowest BCUT2D eigenvalue weighted by Crippen LogP contribution is -2.31. The zero-order valence-electron chi connectivity index (χ0n) is 14.4. The van der Waals surface area contributed by atoms with Gasteiger partial charge < -0.3 is 14.8 Å². The summed E-state index contributed by atoms with van der Waals surface area (Å²) in [7, 11) is 1.59. The van der Waals surface area contributed by atoms with Crippen LogP contribution in [0.4, 0.5) is 0 Å². The molecular formula is C19H20ClN3O2S. The van der Waals surface area contributed by atoms with E-state index < -0.39 is 0 Å². The van der Waals surface area contributed by atoms with Crippen LogP contribution in [0, 0.1) is 0 Å². The average molecular weight is 390 g/mol. The Morgan fingerprint density at radius 3 is 2.81 bits per heavy atom. The van der Waals surface area contributed by atoms with Gasteiger partial charge in [0.05, 0.1) is 13.3 Å². The van der Waals surface area contributed by atoms with E-state index in [9.17, 15) is 0 Å². The van der Waals surface area contributed by atoms with Gasteiger partial charge in [0.1, 0.15) is 6.61 Å².